The van der Waals surface area contributed by atoms with Gasteiger partial charge >= 0.3 is 0 Å². The van der Waals surface area contributed by atoms with Crippen LogP contribution in [0.2, 0.25) is 5.02 Å². The van der Waals surface area contributed by atoms with E-state index in [0.29, 0.717) is 9.90 Å². The van der Waals surface area contributed by atoms with Gasteiger partial charge in [0.15, 0.2) is 0 Å². The molecule has 2 amide bonds. The number of thiophene rings is 2. The Bertz CT molecular complexity index is 827. The lowest BCUT2D eigenvalue weighted by Crippen LogP contribution is -2.42. The number of carbonyl (C=O) groups is 2. The van der Waals surface area contributed by atoms with Gasteiger partial charge in [-0.2, -0.15) is 0 Å². The van der Waals surface area contributed by atoms with Crippen molar-refractivity contribution in [3.8, 4) is 0 Å². The number of rotatable bonds is 3. The van der Waals surface area contributed by atoms with Crippen LogP contribution in [0.15, 0.2) is 41.8 Å². The molecule has 0 saturated heterocycles. The molecule has 112 valence electrons. The molecule has 0 bridgehead atoms. The van der Waals surface area contributed by atoms with Gasteiger partial charge in [-0.3, -0.25) is 20.4 Å². The highest BCUT2D eigenvalue weighted by atomic mass is 35.5. The van der Waals surface area contributed by atoms with Crippen molar-refractivity contribution in [2.45, 2.75) is 6.42 Å². The summed E-state index contributed by atoms with van der Waals surface area (Å²) in [6.07, 6.45) is 0.234. The van der Waals surface area contributed by atoms with Gasteiger partial charge in [0.05, 0.1) is 11.4 Å². The van der Waals surface area contributed by atoms with Crippen molar-refractivity contribution in [1.29, 1.82) is 0 Å². The summed E-state index contributed by atoms with van der Waals surface area (Å²) in [5, 5.41) is 3.15. The molecule has 3 rings (SSSR count). The summed E-state index contributed by atoms with van der Waals surface area (Å²) in [6.45, 7) is 0. The molecular formula is C15H11ClN2O2S2. The highest BCUT2D eigenvalue weighted by Crippen LogP contribution is 2.34. The minimum atomic E-state index is -0.411. The Morgan fingerprint density at radius 1 is 1.09 bits per heavy atom. The van der Waals surface area contributed by atoms with Crippen LogP contribution < -0.4 is 10.9 Å². The van der Waals surface area contributed by atoms with Crippen LogP contribution in [0.1, 0.15) is 14.5 Å². The zero-order valence-corrected chi connectivity index (χ0v) is 13.6. The summed E-state index contributed by atoms with van der Waals surface area (Å²) in [5.74, 6) is -0.682. The van der Waals surface area contributed by atoms with Gasteiger partial charge < -0.3 is 0 Å². The average molecular weight is 351 g/mol. The molecule has 7 heteroatoms. The number of amides is 2. The van der Waals surface area contributed by atoms with Crippen LogP contribution in [0, 0.1) is 0 Å². The minimum Gasteiger partial charge on any atom is -0.273 e. The highest BCUT2D eigenvalue weighted by molar-refractivity contribution is 7.21. The second-order valence-electron chi connectivity index (χ2n) is 4.50. The molecule has 1 aromatic carbocycles. The summed E-state index contributed by atoms with van der Waals surface area (Å²) < 4.78 is 0.933. The monoisotopic (exact) mass is 350 g/mol. The SMILES string of the molecule is O=C(Cc1cccs1)NNC(=O)c1sc2ccccc2c1Cl. The van der Waals surface area contributed by atoms with Crippen LogP contribution >= 0.6 is 34.3 Å². The number of carbonyl (C=O) groups excluding carboxylic acids is 2. The molecule has 0 radical (unpaired) electrons. The lowest BCUT2D eigenvalue weighted by atomic mass is 10.2. The number of fused-ring (bicyclic) bond motifs is 1. The van der Waals surface area contributed by atoms with Crippen LogP contribution in [-0.4, -0.2) is 11.8 Å². The summed E-state index contributed by atoms with van der Waals surface area (Å²) >= 11 is 9.01. The van der Waals surface area contributed by atoms with Crippen LogP contribution in [-0.2, 0) is 11.2 Å². The molecule has 0 spiro atoms. The molecule has 3 aromatic rings. The van der Waals surface area contributed by atoms with E-state index in [1.54, 1.807) is 0 Å². The number of halogens is 1. The van der Waals surface area contributed by atoms with Crippen LogP contribution in [0.25, 0.3) is 10.1 Å². The van der Waals surface area contributed by atoms with Crippen molar-refractivity contribution in [3.63, 3.8) is 0 Å². The highest BCUT2D eigenvalue weighted by Gasteiger charge is 2.17. The first-order valence-electron chi connectivity index (χ1n) is 6.44. The van der Waals surface area contributed by atoms with Gasteiger partial charge in [0.2, 0.25) is 5.91 Å². The van der Waals surface area contributed by atoms with Crippen molar-refractivity contribution >= 4 is 56.2 Å². The number of hydrogen-bond acceptors (Lipinski definition) is 4. The third-order valence-electron chi connectivity index (χ3n) is 2.97. The molecule has 0 fully saturated rings. The molecule has 0 atom stereocenters. The van der Waals surface area contributed by atoms with Gasteiger partial charge in [-0.15, -0.1) is 22.7 Å². The van der Waals surface area contributed by atoms with Crippen molar-refractivity contribution in [2.75, 3.05) is 0 Å². The van der Waals surface area contributed by atoms with E-state index in [0.717, 1.165) is 15.0 Å². The Morgan fingerprint density at radius 2 is 1.91 bits per heavy atom. The van der Waals surface area contributed by atoms with Crippen molar-refractivity contribution in [1.82, 2.24) is 10.9 Å². The second kappa shape index (κ2) is 6.48. The van der Waals surface area contributed by atoms with Gasteiger partial charge in [-0.25, -0.2) is 0 Å². The van der Waals surface area contributed by atoms with E-state index in [4.69, 9.17) is 11.6 Å². The zero-order chi connectivity index (χ0) is 15.5. The fourth-order valence-corrected chi connectivity index (χ4v) is 4.07. The Kier molecular flexibility index (Phi) is 4.42. The van der Waals surface area contributed by atoms with E-state index in [-0.39, 0.29) is 12.3 Å². The number of nitrogens with one attached hydrogen (secondary N) is 2. The largest absolute Gasteiger partial charge is 0.281 e. The molecule has 4 nitrogen and oxygen atoms in total. The van der Waals surface area contributed by atoms with Crippen LogP contribution in [0.3, 0.4) is 0 Å². The van der Waals surface area contributed by atoms with Gasteiger partial charge in [-0.05, 0) is 17.5 Å². The van der Waals surface area contributed by atoms with Crippen molar-refractivity contribution in [3.05, 3.63) is 56.6 Å². The Morgan fingerprint density at radius 3 is 2.64 bits per heavy atom. The smallest absolute Gasteiger partial charge is 0.273 e. The molecule has 22 heavy (non-hydrogen) atoms. The van der Waals surface area contributed by atoms with Crippen molar-refractivity contribution < 1.29 is 9.59 Å². The summed E-state index contributed by atoms with van der Waals surface area (Å²) in [5.41, 5.74) is 4.81. The third kappa shape index (κ3) is 3.14. The quantitative estimate of drug-likeness (QED) is 0.709. The maximum atomic E-state index is 12.1. The molecule has 0 aliphatic heterocycles. The molecule has 0 aliphatic rings. The summed E-state index contributed by atoms with van der Waals surface area (Å²) in [7, 11) is 0. The van der Waals surface area contributed by atoms with E-state index in [1.807, 2.05) is 41.8 Å². The molecule has 2 aromatic heterocycles. The maximum absolute atomic E-state index is 12.1. The van der Waals surface area contributed by atoms with Gasteiger partial charge in [-0.1, -0.05) is 35.9 Å². The molecule has 0 aliphatic carbocycles. The first kappa shape index (κ1) is 15.0. The van der Waals surface area contributed by atoms with Gasteiger partial charge in [0, 0.05) is 15.0 Å². The Labute approximate surface area is 139 Å². The first-order valence-corrected chi connectivity index (χ1v) is 8.51. The van der Waals surface area contributed by atoms with Gasteiger partial charge in [0.1, 0.15) is 4.88 Å². The van der Waals surface area contributed by atoms with Crippen LogP contribution in [0.5, 0.6) is 0 Å². The normalized spacial score (nSPS) is 10.6. The Balaban J connectivity index is 1.66. The average Bonchev–Trinajstić information content (AvgIpc) is 3.13. The van der Waals surface area contributed by atoms with E-state index in [9.17, 15) is 9.59 Å². The lowest BCUT2D eigenvalue weighted by Gasteiger charge is -2.05. The second-order valence-corrected chi connectivity index (χ2v) is 6.96. The van der Waals surface area contributed by atoms with Crippen LogP contribution in [0.4, 0.5) is 0 Å². The van der Waals surface area contributed by atoms with E-state index in [1.165, 1.54) is 22.7 Å². The summed E-state index contributed by atoms with van der Waals surface area (Å²) in [4.78, 5) is 25.2. The third-order valence-corrected chi connectivity index (χ3v) is 5.52. The van der Waals surface area contributed by atoms with Gasteiger partial charge in [0.25, 0.3) is 5.91 Å². The molecule has 2 N–H and O–H groups in total. The molecular weight excluding hydrogens is 340 g/mol. The van der Waals surface area contributed by atoms with E-state index < -0.39 is 5.91 Å². The topological polar surface area (TPSA) is 58.2 Å². The van der Waals surface area contributed by atoms with E-state index in [2.05, 4.69) is 10.9 Å². The van der Waals surface area contributed by atoms with Crippen molar-refractivity contribution in [2.24, 2.45) is 0 Å². The lowest BCUT2D eigenvalue weighted by molar-refractivity contribution is -0.121. The zero-order valence-electron chi connectivity index (χ0n) is 11.3. The first-order chi connectivity index (χ1) is 10.6. The fourth-order valence-electron chi connectivity index (χ4n) is 1.96. The summed E-state index contributed by atoms with van der Waals surface area (Å²) in [6, 6.07) is 11.3. The molecule has 0 unspecified atom stereocenters. The predicted molar refractivity (Wildman–Crippen MR) is 90.5 cm³/mol. The fraction of sp³-hybridized carbons (Fsp3) is 0.0667. The standard InChI is InChI=1S/C15H11ClN2O2S2/c16-13-10-5-1-2-6-11(10)22-14(13)15(20)18-17-12(19)8-9-4-3-7-21-9/h1-7H,8H2,(H,17,19)(H,18,20). The maximum Gasteiger partial charge on any atom is 0.281 e. The predicted octanol–water partition coefficient (Wildman–Crippen LogP) is 3.62. The number of hydrazine groups is 1. The number of benzene rings is 1. The van der Waals surface area contributed by atoms with E-state index >= 15 is 0 Å². The number of hydrogen-bond donors (Lipinski definition) is 2. The molecule has 0 saturated carbocycles. The molecule has 2 heterocycles. The minimum absolute atomic E-state index is 0.234. The Hall–Kier alpha value is -1.89.